The number of carbonyl (C=O) groups is 2. The van der Waals surface area contributed by atoms with Crippen LogP contribution in [0.2, 0.25) is 0 Å². The Kier molecular flexibility index (Phi) is 4.84. The van der Waals surface area contributed by atoms with Gasteiger partial charge in [-0.05, 0) is 45.7 Å². The second-order valence-corrected chi connectivity index (χ2v) is 7.33. The zero-order chi connectivity index (χ0) is 15.7. The fraction of sp³-hybridized carbons (Fsp3) is 0.625. The molecule has 0 saturated carbocycles. The van der Waals surface area contributed by atoms with Crippen LogP contribution in [0.15, 0.2) is 6.07 Å². The lowest BCUT2D eigenvalue weighted by molar-refractivity contribution is -0.141. The van der Waals surface area contributed by atoms with E-state index in [0.717, 1.165) is 6.42 Å². The first kappa shape index (κ1) is 16.2. The number of aryl methyl sites for hydroxylation is 2. The minimum atomic E-state index is -0.388. The summed E-state index contributed by atoms with van der Waals surface area (Å²) in [5, 5.41) is 3.33. The first-order chi connectivity index (χ1) is 9.85. The van der Waals surface area contributed by atoms with E-state index in [1.54, 1.807) is 11.3 Å². The maximum Gasteiger partial charge on any atom is 0.247 e. The molecule has 5 heteroatoms. The zero-order valence-corrected chi connectivity index (χ0v) is 14.2. The van der Waals surface area contributed by atoms with Crippen molar-refractivity contribution in [2.45, 2.75) is 65.6 Å². The van der Waals surface area contributed by atoms with Gasteiger partial charge in [-0.1, -0.05) is 6.92 Å². The Bertz CT molecular complexity index is 552. The quantitative estimate of drug-likeness (QED) is 0.851. The van der Waals surface area contributed by atoms with Crippen LogP contribution < -0.4 is 5.32 Å². The lowest BCUT2D eigenvalue weighted by atomic mass is 10.1. The topological polar surface area (TPSA) is 49.4 Å². The molecular formula is C16H24N2O2S. The van der Waals surface area contributed by atoms with Gasteiger partial charge in [-0.25, -0.2) is 0 Å². The molecule has 21 heavy (non-hydrogen) atoms. The fourth-order valence-corrected chi connectivity index (χ4v) is 3.92. The molecule has 0 bridgehead atoms. The van der Waals surface area contributed by atoms with Gasteiger partial charge >= 0.3 is 0 Å². The lowest BCUT2D eigenvalue weighted by Crippen LogP contribution is -2.43. The third kappa shape index (κ3) is 3.19. The summed E-state index contributed by atoms with van der Waals surface area (Å²) in [6.07, 6.45) is 1.07. The van der Waals surface area contributed by atoms with Crippen molar-refractivity contribution in [1.29, 1.82) is 0 Å². The monoisotopic (exact) mass is 308 g/mol. The molecule has 0 spiro atoms. The molecule has 1 N–H and O–H groups in total. The predicted octanol–water partition coefficient (Wildman–Crippen LogP) is 2.94. The van der Waals surface area contributed by atoms with Crippen LogP contribution >= 0.6 is 11.3 Å². The number of hydrogen-bond acceptors (Lipinski definition) is 4. The van der Waals surface area contributed by atoms with E-state index < -0.39 is 0 Å². The molecule has 2 amide bonds. The maximum absolute atomic E-state index is 12.4. The molecule has 116 valence electrons. The molecule has 0 aliphatic carbocycles. The normalized spacial score (nSPS) is 22.0. The molecule has 2 rings (SSSR count). The maximum atomic E-state index is 12.4. The Morgan fingerprint density at radius 1 is 1.38 bits per heavy atom. The third-order valence-corrected chi connectivity index (χ3v) is 5.19. The smallest absolute Gasteiger partial charge is 0.247 e. The molecule has 1 saturated heterocycles. The molecule has 3 unspecified atom stereocenters. The van der Waals surface area contributed by atoms with Gasteiger partial charge in [0.05, 0.1) is 12.5 Å². The van der Waals surface area contributed by atoms with Crippen molar-refractivity contribution in [2.24, 2.45) is 0 Å². The highest BCUT2D eigenvalue weighted by molar-refractivity contribution is 7.12. The van der Waals surface area contributed by atoms with Crippen LogP contribution in [0.25, 0.3) is 0 Å². The van der Waals surface area contributed by atoms with Crippen LogP contribution in [0.4, 0.5) is 0 Å². The van der Waals surface area contributed by atoms with E-state index in [1.807, 2.05) is 13.8 Å². The van der Waals surface area contributed by atoms with Gasteiger partial charge in [-0.15, -0.1) is 11.3 Å². The molecule has 0 aromatic carbocycles. The first-order valence-corrected chi connectivity index (χ1v) is 8.35. The Balaban J connectivity index is 2.09. The largest absolute Gasteiger partial charge is 0.299 e. The predicted molar refractivity (Wildman–Crippen MR) is 85.4 cm³/mol. The van der Waals surface area contributed by atoms with Gasteiger partial charge in [-0.2, -0.15) is 0 Å². The van der Waals surface area contributed by atoms with Gasteiger partial charge in [0.1, 0.15) is 0 Å². The molecule has 4 nitrogen and oxygen atoms in total. The summed E-state index contributed by atoms with van der Waals surface area (Å²) in [7, 11) is 0. The lowest BCUT2D eigenvalue weighted by Gasteiger charge is -2.23. The Hall–Kier alpha value is -1.20. The van der Waals surface area contributed by atoms with Crippen molar-refractivity contribution in [3.8, 4) is 0 Å². The second-order valence-electron chi connectivity index (χ2n) is 5.87. The van der Waals surface area contributed by atoms with Crippen LogP contribution in [-0.4, -0.2) is 28.8 Å². The minimum absolute atomic E-state index is 0.0164. The average Bonchev–Trinajstić information content (AvgIpc) is 2.89. The van der Waals surface area contributed by atoms with Crippen LogP contribution in [0.3, 0.4) is 0 Å². The van der Waals surface area contributed by atoms with E-state index in [2.05, 4.69) is 32.2 Å². The molecule has 1 aliphatic heterocycles. The number of carbonyl (C=O) groups excluding carboxylic acids is 2. The zero-order valence-electron chi connectivity index (χ0n) is 13.4. The van der Waals surface area contributed by atoms with Crippen molar-refractivity contribution in [2.75, 3.05) is 0 Å². The summed E-state index contributed by atoms with van der Waals surface area (Å²) in [4.78, 5) is 28.4. The Morgan fingerprint density at radius 3 is 2.57 bits per heavy atom. The van der Waals surface area contributed by atoms with E-state index in [4.69, 9.17) is 0 Å². The summed E-state index contributed by atoms with van der Waals surface area (Å²) in [5.41, 5.74) is 1.22. The van der Waals surface area contributed by atoms with Crippen molar-refractivity contribution >= 4 is 23.2 Å². The molecule has 2 heterocycles. The highest BCUT2D eigenvalue weighted by Gasteiger charge is 2.41. The van der Waals surface area contributed by atoms with Crippen molar-refractivity contribution in [1.82, 2.24) is 10.2 Å². The standard InChI is InChI=1S/C16H24N2O2S/c1-6-9(2)18-15(19)8-14(16(18)20)17-11(4)13-7-10(3)21-12(13)5/h7,9,11,14,17H,6,8H2,1-5H3. The molecule has 1 aromatic rings. The number of imide groups is 1. The second kappa shape index (κ2) is 6.28. The highest BCUT2D eigenvalue weighted by atomic mass is 32.1. The molecule has 3 atom stereocenters. The number of amides is 2. The number of nitrogens with one attached hydrogen (secondary N) is 1. The van der Waals surface area contributed by atoms with Gasteiger partial charge in [0.2, 0.25) is 11.8 Å². The number of nitrogens with zero attached hydrogens (tertiary/aromatic N) is 1. The third-order valence-electron chi connectivity index (χ3n) is 4.21. The SMILES string of the molecule is CCC(C)N1C(=O)CC(NC(C)c2cc(C)sc2C)C1=O. The number of thiophene rings is 1. The van der Waals surface area contributed by atoms with Crippen LogP contribution in [-0.2, 0) is 9.59 Å². The molecular weight excluding hydrogens is 284 g/mol. The highest BCUT2D eigenvalue weighted by Crippen LogP contribution is 2.28. The van der Waals surface area contributed by atoms with E-state index in [9.17, 15) is 9.59 Å². The molecule has 1 aliphatic rings. The van der Waals surface area contributed by atoms with Crippen molar-refractivity contribution < 1.29 is 9.59 Å². The van der Waals surface area contributed by atoms with E-state index in [0.29, 0.717) is 0 Å². The van der Waals surface area contributed by atoms with Gasteiger partial charge in [0, 0.05) is 21.8 Å². The molecule has 1 fully saturated rings. The molecule has 1 aromatic heterocycles. The summed E-state index contributed by atoms with van der Waals surface area (Å²) < 4.78 is 0. The van der Waals surface area contributed by atoms with Gasteiger partial charge < -0.3 is 0 Å². The number of rotatable bonds is 5. The van der Waals surface area contributed by atoms with E-state index >= 15 is 0 Å². The van der Waals surface area contributed by atoms with E-state index in [-0.39, 0.29) is 36.4 Å². The number of hydrogen-bond donors (Lipinski definition) is 1. The van der Waals surface area contributed by atoms with E-state index in [1.165, 1.54) is 20.2 Å². The summed E-state index contributed by atoms with van der Waals surface area (Å²) in [5.74, 6) is -0.136. The van der Waals surface area contributed by atoms with Crippen LogP contribution in [0.5, 0.6) is 0 Å². The average molecular weight is 308 g/mol. The minimum Gasteiger partial charge on any atom is -0.299 e. The van der Waals surface area contributed by atoms with Gasteiger partial charge in [0.25, 0.3) is 0 Å². The first-order valence-electron chi connectivity index (χ1n) is 7.54. The summed E-state index contributed by atoms with van der Waals surface area (Å²) in [6.45, 7) is 10.2. The van der Waals surface area contributed by atoms with Gasteiger partial charge in [-0.3, -0.25) is 19.8 Å². The summed E-state index contributed by atoms with van der Waals surface area (Å²) in [6, 6.07) is 1.83. The van der Waals surface area contributed by atoms with Crippen molar-refractivity contribution in [3.63, 3.8) is 0 Å². The van der Waals surface area contributed by atoms with Gasteiger partial charge in [0.15, 0.2) is 0 Å². The Morgan fingerprint density at radius 2 is 2.05 bits per heavy atom. The summed E-state index contributed by atoms with van der Waals surface area (Å²) >= 11 is 1.76. The Labute approximate surface area is 130 Å². The van der Waals surface area contributed by atoms with Crippen LogP contribution in [0.1, 0.15) is 55.0 Å². The van der Waals surface area contributed by atoms with Crippen LogP contribution in [0, 0.1) is 13.8 Å². The van der Waals surface area contributed by atoms with Crippen molar-refractivity contribution in [3.05, 3.63) is 21.4 Å². The molecule has 0 radical (unpaired) electrons. The fourth-order valence-electron chi connectivity index (χ4n) is 2.90. The number of likely N-dealkylation sites (tertiary alicyclic amines) is 1.